The maximum Gasteiger partial charge on any atom is 0.0330 e. The van der Waals surface area contributed by atoms with Crippen molar-refractivity contribution in [1.29, 1.82) is 0 Å². The summed E-state index contributed by atoms with van der Waals surface area (Å²) < 4.78 is 1.16. The topological polar surface area (TPSA) is 15.3 Å². The van der Waals surface area contributed by atoms with E-state index < -0.39 is 0 Å². The van der Waals surface area contributed by atoms with Gasteiger partial charge in [-0.2, -0.15) is 0 Å². The lowest BCUT2D eigenvalue weighted by Crippen LogP contribution is -2.31. The van der Waals surface area contributed by atoms with E-state index in [1.54, 1.807) is 0 Å². The van der Waals surface area contributed by atoms with E-state index >= 15 is 0 Å². The molecule has 2 rings (SSSR count). The molecule has 0 aliphatic heterocycles. The number of hydrogen-bond acceptors (Lipinski definition) is 2. The molecule has 0 spiro atoms. The molecule has 2 nitrogen and oxygen atoms in total. The van der Waals surface area contributed by atoms with Gasteiger partial charge in [-0.15, -0.1) is 0 Å². The Labute approximate surface area is 125 Å². The number of nitrogens with one attached hydrogen (secondary N) is 1. The molecule has 1 aromatic rings. The fourth-order valence-corrected chi connectivity index (χ4v) is 3.12. The lowest BCUT2D eigenvalue weighted by molar-refractivity contribution is 0.249. The number of benzene rings is 1. The van der Waals surface area contributed by atoms with Crippen LogP contribution < -0.4 is 5.32 Å². The Hall–Kier alpha value is -0.380. The van der Waals surface area contributed by atoms with Crippen LogP contribution in [0.25, 0.3) is 0 Å². The van der Waals surface area contributed by atoms with E-state index in [-0.39, 0.29) is 0 Å². The van der Waals surface area contributed by atoms with Crippen molar-refractivity contribution in [2.45, 2.75) is 44.7 Å². The third-order valence-electron chi connectivity index (χ3n) is 3.88. The molecular weight excluding hydrogens is 300 g/mol. The molecule has 1 N–H and O–H groups in total. The third-order valence-corrected chi connectivity index (χ3v) is 4.37. The lowest BCUT2D eigenvalue weighted by Gasteiger charge is -2.25. The number of hydrogen-bond donors (Lipinski definition) is 1. The Morgan fingerprint density at radius 3 is 2.74 bits per heavy atom. The fourth-order valence-electron chi connectivity index (χ4n) is 2.70. The predicted octanol–water partition coefficient (Wildman–Crippen LogP) is 3.97. The van der Waals surface area contributed by atoms with Crippen LogP contribution in [0.4, 0.5) is 0 Å². The summed E-state index contributed by atoms with van der Waals surface area (Å²) in [5.74, 6) is 0. The van der Waals surface area contributed by atoms with Crippen LogP contribution in [0.5, 0.6) is 0 Å². The molecule has 0 bridgehead atoms. The van der Waals surface area contributed by atoms with Crippen molar-refractivity contribution in [1.82, 2.24) is 10.2 Å². The second kappa shape index (κ2) is 7.41. The highest BCUT2D eigenvalue weighted by molar-refractivity contribution is 9.10. The van der Waals surface area contributed by atoms with Gasteiger partial charge in [0.25, 0.3) is 0 Å². The molecule has 3 heteroatoms. The molecule has 1 saturated carbocycles. The van der Waals surface area contributed by atoms with Crippen LogP contribution in [0.2, 0.25) is 0 Å². The highest BCUT2D eigenvalue weighted by atomic mass is 79.9. The first-order valence-corrected chi connectivity index (χ1v) is 8.20. The summed E-state index contributed by atoms with van der Waals surface area (Å²) in [5.41, 5.74) is 1.38. The Morgan fingerprint density at radius 1 is 1.37 bits per heavy atom. The van der Waals surface area contributed by atoms with Gasteiger partial charge in [0.05, 0.1) is 0 Å². The average Bonchev–Trinajstić information content (AvgIpc) is 3.22. The zero-order valence-electron chi connectivity index (χ0n) is 12.0. The summed E-state index contributed by atoms with van der Waals surface area (Å²) in [4.78, 5) is 2.67. The second-order valence-corrected chi connectivity index (χ2v) is 6.37. The minimum atomic E-state index is 0.454. The average molecular weight is 325 g/mol. The zero-order chi connectivity index (χ0) is 13.7. The monoisotopic (exact) mass is 324 g/mol. The van der Waals surface area contributed by atoms with E-state index in [4.69, 9.17) is 0 Å². The minimum Gasteiger partial charge on any atom is -0.313 e. The van der Waals surface area contributed by atoms with Crippen molar-refractivity contribution in [3.63, 3.8) is 0 Å². The molecule has 0 amide bonds. The van der Waals surface area contributed by atoms with E-state index in [1.807, 2.05) is 0 Å². The summed E-state index contributed by atoms with van der Waals surface area (Å²) in [5, 5.41) is 3.45. The van der Waals surface area contributed by atoms with E-state index in [0.717, 1.165) is 10.5 Å². The molecule has 1 fully saturated rings. The molecule has 1 aliphatic rings. The van der Waals surface area contributed by atoms with Crippen LogP contribution >= 0.6 is 15.9 Å². The first kappa shape index (κ1) is 15.0. The van der Waals surface area contributed by atoms with Crippen molar-refractivity contribution in [3.05, 3.63) is 34.3 Å². The van der Waals surface area contributed by atoms with Crippen LogP contribution in [0, 0.1) is 0 Å². The van der Waals surface area contributed by atoms with Crippen molar-refractivity contribution in [2.75, 3.05) is 20.1 Å². The van der Waals surface area contributed by atoms with E-state index in [9.17, 15) is 0 Å². The summed E-state index contributed by atoms with van der Waals surface area (Å²) in [7, 11) is 2.06. The van der Waals surface area contributed by atoms with E-state index in [2.05, 4.69) is 64.4 Å². The number of halogens is 1. The van der Waals surface area contributed by atoms with Crippen LogP contribution in [0.1, 0.15) is 44.2 Å². The summed E-state index contributed by atoms with van der Waals surface area (Å²) in [6.07, 6.45) is 5.25. The van der Waals surface area contributed by atoms with Gasteiger partial charge in [-0.3, -0.25) is 0 Å². The van der Waals surface area contributed by atoms with Gasteiger partial charge in [0, 0.05) is 23.1 Å². The molecule has 1 atom stereocenters. The van der Waals surface area contributed by atoms with Crippen molar-refractivity contribution in [3.8, 4) is 0 Å². The van der Waals surface area contributed by atoms with Gasteiger partial charge >= 0.3 is 0 Å². The van der Waals surface area contributed by atoms with Gasteiger partial charge in [0.2, 0.25) is 0 Å². The van der Waals surface area contributed by atoms with Gasteiger partial charge in [0.1, 0.15) is 0 Å². The molecule has 0 saturated heterocycles. The van der Waals surface area contributed by atoms with Crippen LogP contribution in [-0.4, -0.2) is 31.1 Å². The highest BCUT2D eigenvalue weighted by Crippen LogP contribution is 2.28. The molecule has 106 valence electrons. The van der Waals surface area contributed by atoms with Gasteiger partial charge in [0.15, 0.2) is 0 Å². The van der Waals surface area contributed by atoms with Gasteiger partial charge in [-0.1, -0.05) is 35.0 Å². The zero-order valence-corrected chi connectivity index (χ0v) is 13.6. The van der Waals surface area contributed by atoms with Crippen molar-refractivity contribution < 1.29 is 0 Å². The van der Waals surface area contributed by atoms with Crippen molar-refractivity contribution in [2.24, 2.45) is 0 Å². The normalized spacial score (nSPS) is 16.8. The standard InChI is InChI=1S/C16H25BrN2/c1-3-10-19(15-7-8-15)11-9-16(18-2)13-5-4-6-14(17)12-13/h4-6,12,15-16,18H,3,7-11H2,1-2H3. The first-order chi connectivity index (χ1) is 9.24. The van der Waals surface area contributed by atoms with Gasteiger partial charge < -0.3 is 10.2 Å². The largest absolute Gasteiger partial charge is 0.313 e. The number of nitrogens with zero attached hydrogens (tertiary/aromatic N) is 1. The smallest absolute Gasteiger partial charge is 0.0330 e. The van der Waals surface area contributed by atoms with E-state index in [0.29, 0.717) is 6.04 Å². The highest BCUT2D eigenvalue weighted by Gasteiger charge is 2.28. The Bertz CT molecular complexity index is 390. The predicted molar refractivity (Wildman–Crippen MR) is 85.4 cm³/mol. The van der Waals surface area contributed by atoms with Gasteiger partial charge in [-0.25, -0.2) is 0 Å². The molecule has 19 heavy (non-hydrogen) atoms. The Kier molecular flexibility index (Phi) is 5.86. The minimum absolute atomic E-state index is 0.454. The Morgan fingerprint density at radius 2 is 2.16 bits per heavy atom. The maximum atomic E-state index is 3.56. The Balaban J connectivity index is 1.91. The van der Waals surface area contributed by atoms with Crippen LogP contribution in [0.3, 0.4) is 0 Å². The fraction of sp³-hybridized carbons (Fsp3) is 0.625. The van der Waals surface area contributed by atoms with Crippen molar-refractivity contribution >= 4 is 15.9 Å². The maximum absolute atomic E-state index is 3.56. The molecule has 0 heterocycles. The SMILES string of the molecule is CCCN(CCC(NC)c1cccc(Br)c1)C1CC1. The molecule has 0 radical (unpaired) electrons. The third kappa shape index (κ3) is 4.59. The van der Waals surface area contributed by atoms with Crippen LogP contribution in [0.15, 0.2) is 28.7 Å². The van der Waals surface area contributed by atoms with Gasteiger partial charge in [-0.05, 0) is 57.0 Å². The molecule has 1 unspecified atom stereocenters. The van der Waals surface area contributed by atoms with Crippen LogP contribution in [-0.2, 0) is 0 Å². The molecule has 1 aromatic carbocycles. The quantitative estimate of drug-likeness (QED) is 0.778. The molecular formula is C16H25BrN2. The molecule has 0 aromatic heterocycles. The molecule has 1 aliphatic carbocycles. The summed E-state index contributed by atoms with van der Waals surface area (Å²) in [6, 6.07) is 9.98. The number of rotatable bonds is 8. The summed E-state index contributed by atoms with van der Waals surface area (Å²) in [6.45, 7) is 4.73. The van der Waals surface area contributed by atoms with E-state index in [1.165, 1.54) is 44.3 Å². The summed E-state index contributed by atoms with van der Waals surface area (Å²) >= 11 is 3.56. The lowest BCUT2D eigenvalue weighted by atomic mass is 10.0. The first-order valence-electron chi connectivity index (χ1n) is 7.41. The second-order valence-electron chi connectivity index (χ2n) is 5.45.